The van der Waals surface area contributed by atoms with E-state index in [1.54, 1.807) is 4.90 Å². The quantitative estimate of drug-likeness (QED) is 0.745. The lowest BCUT2D eigenvalue weighted by atomic mass is 10.0. The highest BCUT2D eigenvalue weighted by atomic mass is 16.3. The highest BCUT2D eigenvalue weighted by Crippen LogP contribution is 2.11. The SMILES string of the molecule is CCC(CN)CC(=O)N(CCO)Cc1ccccc1. The molecule has 0 aliphatic heterocycles. The van der Waals surface area contributed by atoms with Gasteiger partial charge in [0.05, 0.1) is 6.61 Å². The van der Waals surface area contributed by atoms with Gasteiger partial charge in [-0.25, -0.2) is 0 Å². The average molecular weight is 264 g/mol. The Kier molecular flexibility index (Phi) is 7.15. The number of benzene rings is 1. The number of aliphatic hydroxyl groups excluding tert-OH is 1. The molecule has 1 unspecified atom stereocenters. The van der Waals surface area contributed by atoms with Crippen molar-refractivity contribution < 1.29 is 9.90 Å². The molecule has 1 aromatic carbocycles. The van der Waals surface area contributed by atoms with Crippen LogP contribution in [0.1, 0.15) is 25.3 Å². The van der Waals surface area contributed by atoms with Gasteiger partial charge in [0.1, 0.15) is 0 Å². The summed E-state index contributed by atoms with van der Waals surface area (Å²) in [7, 11) is 0. The van der Waals surface area contributed by atoms with Gasteiger partial charge < -0.3 is 15.7 Å². The zero-order valence-corrected chi connectivity index (χ0v) is 11.6. The molecule has 19 heavy (non-hydrogen) atoms. The standard InChI is InChI=1S/C15H24N2O2/c1-2-13(11-16)10-15(19)17(8-9-18)12-14-6-4-3-5-7-14/h3-7,13,18H,2,8-12,16H2,1H3. The number of nitrogens with two attached hydrogens (primary N) is 1. The maximum atomic E-state index is 12.2. The molecule has 0 radical (unpaired) electrons. The van der Waals surface area contributed by atoms with Gasteiger partial charge in [0, 0.05) is 19.5 Å². The van der Waals surface area contributed by atoms with E-state index in [1.165, 1.54) is 0 Å². The normalized spacial score (nSPS) is 12.2. The molecule has 4 heteroatoms. The smallest absolute Gasteiger partial charge is 0.223 e. The zero-order chi connectivity index (χ0) is 14.1. The van der Waals surface area contributed by atoms with Gasteiger partial charge in [-0.1, -0.05) is 43.7 Å². The largest absolute Gasteiger partial charge is 0.395 e. The van der Waals surface area contributed by atoms with Gasteiger partial charge >= 0.3 is 0 Å². The number of carbonyl (C=O) groups excluding carboxylic acids is 1. The van der Waals surface area contributed by atoms with Crippen molar-refractivity contribution in [2.24, 2.45) is 11.7 Å². The predicted octanol–water partition coefficient (Wildman–Crippen LogP) is 1.38. The van der Waals surface area contributed by atoms with Crippen molar-refractivity contribution >= 4 is 5.91 Å². The van der Waals surface area contributed by atoms with Crippen molar-refractivity contribution in [1.29, 1.82) is 0 Å². The molecule has 1 atom stereocenters. The third kappa shape index (κ3) is 5.41. The minimum atomic E-state index is -0.0159. The number of amides is 1. The number of aliphatic hydroxyl groups is 1. The van der Waals surface area contributed by atoms with E-state index in [-0.39, 0.29) is 18.4 Å². The van der Waals surface area contributed by atoms with Crippen molar-refractivity contribution in [3.05, 3.63) is 35.9 Å². The Morgan fingerprint density at radius 2 is 2.05 bits per heavy atom. The summed E-state index contributed by atoms with van der Waals surface area (Å²) in [5.41, 5.74) is 6.71. The Bertz CT molecular complexity index is 364. The van der Waals surface area contributed by atoms with E-state index in [2.05, 4.69) is 0 Å². The lowest BCUT2D eigenvalue weighted by Gasteiger charge is -2.24. The number of rotatable bonds is 8. The first-order chi connectivity index (χ1) is 9.21. The summed E-state index contributed by atoms with van der Waals surface area (Å²) in [6, 6.07) is 9.82. The molecule has 0 fully saturated rings. The average Bonchev–Trinajstić information content (AvgIpc) is 2.45. The highest BCUT2D eigenvalue weighted by Gasteiger charge is 2.17. The minimum Gasteiger partial charge on any atom is -0.395 e. The van der Waals surface area contributed by atoms with Gasteiger partial charge in [-0.2, -0.15) is 0 Å². The summed E-state index contributed by atoms with van der Waals surface area (Å²) in [6.07, 6.45) is 1.36. The first-order valence-electron chi connectivity index (χ1n) is 6.83. The second-order valence-electron chi connectivity index (χ2n) is 4.74. The summed E-state index contributed by atoms with van der Waals surface area (Å²) in [4.78, 5) is 13.9. The molecular weight excluding hydrogens is 240 g/mol. The van der Waals surface area contributed by atoms with Gasteiger partial charge in [-0.15, -0.1) is 0 Å². The fourth-order valence-electron chi connectivity index (χ4n) is 1.99. The molecule has 4 nitrogen and oxygen atoms in total. The van der Waals surface area contributed by atoms with Crippen LogP contribution in [-0.2, 0) is 11.3 Å². The van der Waals surface area contributed by atoms with Gasteiger partial charge in [0.25, 0.3) is 0 Å². The van der Waals surface area contributed by atoms with Gasteiger partial charge in [0.15, 0.2) is 0 Å². The molecule has 0 aliphatic rings. The molecule has 3 N–H and O–H groups in total. The number of hydrogen-bond acceptors (Lipinski definition) is 3. The van der Waals surface area contributed by atoms with Crippen LogP contribution in [0.4, 0.5) is 0 Å². The Labute approximate surface area is 115 Å². The van der Waals surface area contributed by atoms with Crippen LogP contribution in [0.2, 0.25) is 0 Å². The molecule has 0 saturated carbocycles. The molecule has 0 heterocycles. The molecule has 0 bridgehead atoms. The monoisotopic (exact) mass is 264 g/mol. The molecular formula is C15H24N2O2. The topological polar surface area (TPSA) is 66.6 Å². The van der Waals surface area contributed by atoms with Crippen LogP contribution in [0.5, 0.6) is 0 Å². The van der Waals surface area contributed by atoms with Crippen LogP contribution in [-0.4, -0.2) is 35.6 Å². The van der Waals surface area contributed by atoms with Crippen LogP contribution < -0.4 is 5.73 Å². The lowest BCUT2D eigenvalue weighted by Crippen LogP contribution is -2.35. The zero-order valence-electron chi connectivity index (χ0n) is 11.6. The fraction of sp³-hybridized carbons (Fsp3) is 0.533. The Hall–Kier alpha value is -1.39. The third-order valence-corrected chi connectivity index (χ3v) is 3.31. The maximum Gasteiger partial charge on any atom is 0.223 e. The van der Waals surface area contributed by atoms with E-state index in [9.17, 15) is 4.79 Å². The van der Waals surface area contributed by atoms with E-state index < -0.39 is 0 Å². The maximum absolute atomic E-state index is 12.2. The van der Waals surface area contributed by atoms with Gasteiger partial charge in [0.2, 0.25) is 5.91 Å². The molecule has 0 aromatic heterocycles. The fourth-order valence-corrected chi connectivity index (χ4v) is 1.99. The van der Waals surface area contributed by atoms with Crippen LogP contribution in [0.25, 0.3) is 0 Å². The van der Waals surface area contributed by atoms with Crippen molar-refractivity contribution in [3.63, 3.8) is 0 Å². The van der Waals surface area contributed by atoms with E-state index in [0.29, 0.717) is 26.1 Å². The molecule has 0 saturated heterocycles. The van der Waals surface area contributed by atoms with Crippen molar-refractivity contribution in [3.8, 4) is 0 Å². The summed E-state index contributed by atoms with van der Waals surface area (Å²) < 4.78 is 0. The van der Waals surface area contributed by atoms with Crippen LogP contribution in [0.3, 0.4) is 0 Å². The number of nitrogens with zero attached hydrogens (tertiary/aromatic N) is 1. The number of hydrogen-bond donors (Lipinski definition) is 2. The molecule has 1 rings (SSSR count). The third-order valence-electron chi connectivity index (χ3n) is 3.31. The second kappa shape index (κ2) is 8.67. The van der Waals surface area contributed by atoms with Crippen LogP contribution in [0, 0.1) is 5.92 Å². The lowest BCUT2D eigenvalue weighted by molar-refractivity contribution is -0.133. The first kappa shape index (κ1) is 15.7. The Morgan fingerprint density at radius 3 is 2.58 bits per heavy atom. The minimum absolute atomic E-state index is 0.0159. The van der Waals surface area contributed by atoms with Crippen molar-refractivity contribution in [2.75, 3.05) is 19.7 Å². The predicted molar refractivity (Wildman–Crippen MR) is 76.4 cm³/mol. The summed E-state index contributed by atoms with van der Waals surface area (Å²) in [6.45, 7) is 3.47. The molecule has 1 amide bonds. The van der Waals surface area contributed by atoms with Crippen molar-refractivity contribution in [1.82, 2.24) is 4.90 Å². The van der Waals surface area contributed by atoms with Gasteiger partial charge in [-0.3, -0.25) is 4.79 Å². The van der Waals surface area contributed by atoms with E-state index in [4.69, 9.17) is 10.8 Å². The van der Waals surface area contributed by atoms with Crippen molar-refractivity contribution in [2.45, 2.75) is 26.3 Å². The first-order valence-corrected chi connectivity index (χ1v) is 6.83. The summed E-state index contributed by atoms with van der Waals surface area (Å²) in [5, 5.41) is 9.09. The van der Waals surface area contributed by atoms with Crippen LogP contribution >= 0.6 is 0 Å². The summed E-state index contributed by atoms with van der Waals surface area (Å²) >= 11 is 0. The van der Waals surface area contributed by atoms with Crippen LogP contribution in [0.15, 0.2) is 30.3 Å². The van der Waals surface area contributed by atoms with E-state index in [1.807, 2.05) is 37.3 Å². The second-order valence-corrected chi connectivity index (χ2v) is 4.74. The van der Waals surface area contributed by atoms with Gasteiger partial charge in [-0.05, 0) is 18.0 Å². The molecule has 0 spiro atoms. The number of carbonyl (C=O) groups is 1. The molecule has 106 valence electrons. The summed E-state index contributed by atoms with van der Waals surface area (Å²) in [5.74, 6) is 0.291. The van der Waals surface area contributed by atoms with E-state index in [0.717, 1.165) is 12.0 Å². The highest BCUT2D eigenvalue weighted by molar-refractivity contribution is 5.76. The molecule has 1 aromatic rings. The van der Waals surface area contributed by atoms with E-state index >= 15 is 0 Å². The Morgan fingerprint density at radius 1 is 1.37 bits per heavy atom. The Balaban J connectivity index is 2.63. The molecule has 0 aliphatic carbocycles.